The molecule has 2 heterocycles. The van der Waals surface area contributed by atoms with Gasteiger partial charge in [0.15, 0.2) is 11.5 Å². The Morgan fingerprint density at radius 2 is 1.63 bits per heavy atom. The van der Waals surface area contributed by atoms with Crippen LogP contribution in [0.1, 0.15) is 22.8 Å². The molecule has 1 aliphatic rings. The minimum Gasteiger partial charge on any atom is -0.493 e. The molecule has 8 nitrogen and oxygen atoms in total. The molecule has 0 saturated heterocycles. The Morgan fingerprint density at radius 1 is 1.00 bits per heavy atom. The molecule has 27 heavy (non-hydrogen) atoms. The number of fused-ring (bicyclic) bond motifs is 1. The van der Waals surface area contributed by atoms with Gasteiger partial charge in [-0.1, -0.05) is 0 Å². The summed E-state index contributed by atoms with van der Waals surface area (Å²) in [7, 11) is 5.71. The first-order valence-electron chi connectivity index (χ1n) is 8.14. The molecule has 0 bridgehead atoms. The van der Waals surface area contributed by atoms with Crippen LogP contribution in [0.2, 0.25) is 0 Å². The fourth-order valence-electron chi connectivity index (χ4n) is 3.25. The first kappa shape index (κ1) is 18.6. The Balaban J connectivity index is 2.24. The van der Waals surface area contributed by atoms with Crippen LogP contribution >= 0.6 is 0 Å². The normalized spacial score (nSPS) is 17.7. The van der Waals surface area contributed by atoms with Crippen molar-refractivity contribution < 1.29 is 32.9 Å². The van der Waals surface area contributed by atoms with Crippen molar-refractivity contribution in [2.45, 2.75) is 18.9 Å². The van der Waals surface area contributed by atoms with Gasteiger partial charge in [-0.05, 0) is 24.6 Å². The van der Waals surface area contributed by atoms with Gasteiger partial charge in [0, 0.05) is 6.07 Å². The summed E-state index contributed by atoms with van der Waals surface area (Å²) >= 11 is 0. The third-order valence-electron chi connectivity index (χ3n) is 4.42. The van der Waals surface area contributed by atoms with E-state index in [-0.39, 0.29) is 11.3 Å². The quantitative estimate of drug-likeness (QED) is 0.732. The number of methoxy groups -OCH3 is 4. The molecule has 0 radical (unpaired) electrons. The highest BCUT2D eigenvalue weighted by molar-refractivity contribution is 5.79. The van der Waals surface area contributed by atoms with Crippen molar-refractivity contribution in [2.24, 2.45) is 0 Å². The summed E-state index contributed by atoms with van der Waals surface area (Å²) in [5.74, 6) is 0.486. The van der Waals surface area contributed by atoms with Crippen LogP contribution in [-0.4, -0.2) is 40.5 Å². The van der Waals surface area contributed by atoms with Crippen LogP contribution in [0.15, 0.2) is 27.4 Å². The molecule has 1 aliphatic heterocycles. The van der Waals surface area contributed by atoms with E-state index in [0.717, 1.165) is 0 Å². The molecule has 0 aliphatic carbocycles. The number of ether oxygens (including phenoxy) is 5. The summed E-state index contributed by atoms with van der Waals surface area (Å²) in [4.78, 5) is 24.8. The lowest BCUT2D eigenvalue weighted by molar-refractivity contribution is -0.148. The molecule has 0 saturated carbocycles. The van der Waals surface area contributed by atoms with Gasteiger partial charge in [-0.25, -0.2) is 9.59 Å². The van der Waals surface area contributed by atoms with Crippen molar-refractivity contribution in [1.82, 2.24) is 0 Å². The number of carbonyl (C=O) groups excluding carboxylic acids is 1. The standard InChI is InChI=1S/C19H20O8/c1-9-6-11-15(18(20)26-9)14(17(27-11)19(21)25-5)10-7-12(22-2)16(24-4)13(8-10)23-3/h6-8,14,17H,1-5H3/t14-,17-/m1/s1. The molecular weight excluding hydrogens is 356 g/mol. The van der Waals surface area contributed by atoms with Gasteiger partial charge >= 0.3 is 11.6 Å². The van der Waals surface area contributed by atoms with Gasteiger partial charge in [-0.2, -0.15) is 0 Å². The smallest absolute Gasteiger partial charge is 0.348 e. The lowest BCUT2D eigenvalue weighted by atomic mass is 9.88. The summed E-state index contributed by atoms with van der Waals surface area (Å²) in [6.07, 6.45) is -1.04. The zero-order chi connectivity index (χ0) is 19.7. The van der Waals surface area contributed by atoms with Crippen LogP contribution in [0.4, 0.5) is 0 Å². The van der Waals surface area contributed by atoms with E-state index in [1.165, 1.54) is 28.4 Å². The number of hydrogen-bond acceptors (Lipinski definition) is 8. The first-order chi connectivity index (χ1) is 12.9. The first-order valence-corrected chi connectivity index (χ1v) is 8.14. The number of rotatable bonds is 5. The minimum absolute atomic E-state index is 0.241. The van der Waals surface area contributed by atoms with Crippen molar-refractivity contribution in [3.05, 3.63) is 45.5 Å². The third-order valence-corrected chi connectivity index (χ3v) is 4.42. The molecule has 3 rings (SSSR count). The fraction of sp³-hybridized carbons (Fsp3) is 0.368. The van der Waals surface area contributed by atoms with Gasteiger partial charge < -0.3 is 28.1 Å². The zero-order valence-electron chi connectivity index (χ0n) is 15.7. The third kappa shape index (κ3) is 3.07. The minimum atomic E-state index is -1.04. The lowest BCUT2D eigenvalue weighted by Crippen LogP contribution is -2.31. The predicted octanol–water partition coefficient (Wildman–Crippen LogP) is 2.04. The van der Waals surface area contributed by atoms with E-state index in [9.17, 15) is 9.59 Å². The van der Waals surface area contributed by atoms with Crippen LogP contribution in [-0.2, 0) is 9.53 Å². The van der Waals surface area contributed by atoms with E-state index < -0.39 is 23.6 Å². The maximum atomic E-state index is 12.5. The summed E-state index contributed by atoms with van der Waals surface area (Å²) < 4.78 is 31.9. The van der Waals surface area contributed by atoms with E-state index >= 15 is 0 Å². The number of carbonyl (C=O) groups is 1. The summed E-state index contributed by atoms with van der Waals surface area (Å²) in [5, 5.41) is 0. The van der Waals surface area contributed by atoms with E-state index in [2.05, 4.69) is 0 Å². The maximum absolute atomic E-state index is 12.5. The number of hydrogen-bond donors (Lipinski definition) is 0. The van der Waals surface area contributed by atoms with E-state index in [0.29, 0.717) is 28.6 Å². The molecule has 0 fully saturated rings. The molecule has 1 aromatic heterocycles. The summed E-state index contributed by atoms with van der Waals surface area (Å²) in [6.45, 7) is 1.63. The average Bonchev–Trinajstić information content (AvgIpc) is 3.05. The highest BCUT2D eigenvalue weighted by atomic mass is 16.6. The molecule has 2 atom stereocenters. The monoisotopic (exact) mass is 376 g/mol. The predicted molar refractivity (Wildman–Crippen MR) is 94.1 cm³/mol. The Kier molecular flexibility index (Phi) is 4.98. The van der Waals surface area contributed by atoms with E-state index in [1.54, 1.807) is 25.1 Å². The van der Waals surface area contributed by atoms with E-state index in [4.69, 9.17) is 28.1 Å². The second-order valence-electron chi connectivity index (χ2n) is 5.92. The van der Waals surface area contributed by atoms with Gasteiger partial charge in [0.05, 0.1) is 39.9 Å². The molecule has 0 unspecified atom stereocenters. The molecule has 0 spiro atoms. The van der Waals surface area contributed by atoms with Crippen molar-refractivity contribution in [3.8, 4) is 23.0 Å². The number of aryl methyl sites for hydroxylation is 1. The number of esters is 1. The van der Waals surface area contributed by atoms with Crippen molar-refractivity contribution in [1.29, 1.82) is 0 Å². The largest absolute Gasteiger partial charge is 0.493 e. The van der Waals surface area contributed by atoms with Gasteiger partial charge in [0.1, 0.15) is 11.5 Å². The van der Waals surface area contributed by atoms with Crippen molar-refractivity contribution >= 4 is 5.97 Å². The molecule has 1 aromatic carbocycles. The second kappa shape index (κ2) is 7.22. The van der Waals surface area contributed by atoms with Crippen LogP contribution in [0.25, 0.3) is 0 Å². The molecule has 0 N–H and O–H groups in total. The van der Waals surface area contributed by atoms with E-state index in [1.807, 2.05) is 0 Å². The van der Waals surface area contributed by atoms with Gasteiger partial charge in [0.25, 0.3) is 0 Å². The molecule has 0 amide bonds. The Morgan fingerprint density at radius 3 is 2.15 bits per heavy atom. The highest BCUT2D eigenvalue weighted by Gasteiger charge is 2.44. The SMILES string of the molecule is COC(=O)[C@@H]1Oc2cc(C)oc(=O)c2[C@H]1c1cc(OC)c(OC)c(OC)c1. The lowest BCUT2D eigenvalue weighted by Gasteiger charge is -2.20. The summed E-state index contributed by atoms with van der Waals surface area (Å²) in [6, 6.07) is 4.91. The van der Waals surface area contributed by atoms with Crippen LogP contribution in [0.3, 0.4) is 0 Å². The average molecular weight is 376 g/mol. The topological polar surface area (TPSA) is 93.4 Å². The Bertz CT molecular complexity index is 905. The molecule has 144 valence electrons. The van der Waals surface area contributed by atoms with Crippen molar-refractivity contribution in [3.63, 3.8) is 0 Å². The fourth-order valence-corrected chi connectivity index (χ4v) is 3.25. The van der Waals surface area contributed by atoms with Crippen molar-refractivity contribution in [2.75, 3.05) is 28.4 Å². The summed E-state index contributed by atoms with van der Waals surface area (Å²) in [5.41, 5.74) is 0.232. The molecular formula is C19H20O8. The van der Waals surface area contributed by atoms with Gasteiger partial charge in [0.2, 0.25) is 11.9 Å². The number of benzene rings is 1. The van der Waals surface area contributed by atoms with Gasteiger partial charge in [-0.15, -0.1) is 0 Å². The molecule has 8 heteroatoms. The zero-order valence-corrected chi connectivity index (χ0v) is 15.7. The van der Waals surface area contributed by atoms with Crippen LogP contribution < -0.4 is 24.6 Å². The maximum Gasteiger partial charge on any atom is 0.348 e. The molecule has 2 aromatic rings. The Labute approximate surface area is 155 Å². The second-order valence-corrected chi connectivity index (χ2v) is 5.92. The van der Waals surface area contributed by atoms with Crippen LogP contribution in [0.5, 0.6) is 23.0 Å². The van der Waals surface area contributed by atoms with Crippen LogP contribution in [0, 0.1) is 6.92 Å². The van der Waals surface area contributed by atoms with Gasteiger partial charge in [-0.3, -0.25) is 0 Å². The highest BCUT2D eigenvalue weighted by Crippen LogP contribution is 2.46. The Hall–Kier alpha value is -3.16.